The molecule has 0 saturated carbocycles. The zero-order valence-corrected chi connectivity index (χ0v) is 22.9. The van der Waals surface area contributed by atoms with E-state index >= 15 is 0 Å². The van der Waals surface area contributed by atoms with Crippen LogP contribution in [-0.4, -0.2) is 37.3 Å². The number of hydrogen-bond donors (Lipinski definition) is 1. The van der Waals surface area contributed by atoms with Gasteiger partial charge in [0, 0.05) is 30.3 Å². The molecule has 1 aromatic heterocycles. The molecule has 0 spiro atoms. The van der Waals surface area contributed by atoms with Crippen LogP contribution in [0.4, 0.5) is 11.4 Å². The molecule has 37 heavy (non-hydrogen) atoms. The van der Waals surface area contributed by atoms with Gasteiger partial charge in [0.25, 0.3) is 5.01 Å². The Labute approximate surface area is 224 Å². The number of thiazole rings is 1. The van der Waals surface area contributed by atoms with Gasteiger partial charge in [-0.05, 0) is 61.2 Å². The van der Waals surface area contributed by atoms with Gasteiger partial charge in [-0.2, -0.15) is 4.57 Å². The van der Waals surface area contributed by atoms with Crippen molar-refractivity contribution in [2.24, 2.45) is 7.05 Å². The largest absolute Gasteiger partial charge is 0.548 e. The fourth-order valence-corrected chi connectivity index (χ4v) is 7.17. The molecule has 5 rings (SSSR count). The van der Waals surface area contributed by atoms with E-state index in [1.165, 1.54) is 26.0 Å². The summed E-state index contributed by atoms with van der Waals surface area (Å²) in [7, 11) is 4.14. The lowest BCUT2D eigenvalue weighted by Gasteiger charge is -2.32. The first-order chi connectivity index (χ1) is 17.8. The van der Waals surface area contributed by atoms with Crippen molar-refractivity contribution in [3.8, 4) is 0 Å². The van der Waals surface area contributed by atoms with Gasteiger partial charge in [-0.15, -0.1) is 0 Å². The van der Waals surface area contributed by atoms with E-state index in [0.717, 1.165) is 26.9 Å². The van der Waals surface area contributed by atoms with Crippen LogP contribution in [0.25, 0.3) is 27.1 Å². The minimum Gasteiger partial charge on any atom is -0.548 e. The molecule has 0 amide bonds. The van der Waals surface area contributed by atoms with Gasteiger partial charge < -0.3 is 24.8 Å². The summed E-state index contributed by atoms with van der Waals surface area (Å²) in [5.74, 6) is -1.28. The molecule has 0 saturated heterocycles. The van der Waals surface area contributed by atoms with E-state index in [-0.39, 0.29) is 0 Å². The van der Waals surface area contributed by atoms with Crippen LogP contribution < -0.4 is 19.5 Å². The highest BCUT2D eigenvalue weighted by molar-refractivity contribution is 8.03. The number of aliphatic hydroxyl groups excluding tert-OH is 1. The molecule has 190 valence electrons. The molecule has 4 aromatic rings. The van der Waals surface area contributed by atoms with Crippen LogP contribution in [0.5, 0.6) is 0 Å². The van der Waals surface area contributed by atoms with E-state index in [2.05, 4.69) is 72.0 Å². The highest BCUT2D eigenvalue weighted by Crippen LogP contribution is 2.47. The van der Waals surface area contributed by atoms with Gasteiger partial charge >= 0.3 is 0 Å². The van der Waals surface area contributed by atoms with Gasteiger partial charge in [-0.1, -0.05) is 47.4 Å². The second-order valence-corrected chi connectivity index (χ2v) is 11.2. The summed E-state index contributed by atoms with van der Waals surface area (Å²) in [6.45, 7) is 3.93. The number of carbonyl (C=O) groups is 1. The lowest BCUT2D eigenvalue weighted by molar-refractivity contribution is -0.641. The van der Waals surface area contributed by atoms with Crippen molar-refractivity contribution in [3.63, 3.8) is 0 Å². The molecule has 0 aliphatic carbocycles. The van der Waals surface area contributed by atoms with Crippen molar-refractivity contribution in [2.45, 2.75) is 24.8 Å². The Morgan fingerprint density at radius 1 is 1.22 bits per heavy atom. The van der Waals surface area contributed by atoms with E-state index < -0.39 is 18.6 Å². The van der Waals surface area contributed by atoms with E-state index in [4.69, 9.17) is 0 Å². The van der Waals surface area contributed by atoms with Crippen molar-refractivity contribution in [1.82, 2.24) is 0 Å². The molecule has 3 aromatic carbocycles. The number of aryl methyl sites for hydroxylation is 1. The van der Waals surface area contributed by atoms with Gasteiger partial charge in [0.15, 0.2) is 0 Å². The van der Waals surface area contributed by atoms with Crippen LogP contribution in [0.15, 0.2) is 76.2 Å². The minimum absolute atomic E-state index is 0.445. The molecule has 6 nitrogen and oxygen atoms in total. The van der Waals surface area contributed by atoms with Crippen molar-refractivity contribution in [3.05, 3.63) is 76.3 Å². The molecule has 0 radical (unpaired) electrons. The first-order valence-corrected chi connectivity index (χ1v) is 13.8. The summed E-state index contributed by atoms with van der Waals surface area (Å²) in [6, 6.07) is 17.7. The fraction of sp³-hybridized carbons (Fsp3) is 0.241. The van der Waals surface area contributed by atoms with Crippen LogP contribution >= 0.6 is 23.1 Å². The van der Waals surface area contributed by atoms with Crippen molar-refractivity contribution in [1.29, 1.82) is 0 Å². The SMILES string of the molecule is CCN(c1ccc2c(c1)N(C)/C(=C/C(C)=C/c1sc3ccc4ccccc4c3[n+]1C)S2)C(CO)C(=O)[O-]. The smallest absolute Gasteiger partial charge is 0.262 e. The molecule has 1 atom stereocenters. The number of carbonyl (C=O) groups excluding carboxylic acids is 1. The van der Waals surface area contributed by atoms with Crippen LogP contribution in [0.1, 0.15) is 18.9 Å². The highest BCUT2D eigenvalue weighted by atomic mass is 32.2. The highest BCUT2D eigenvalue weighted by Gasteiger charge is 2.25. The lowest BCUT2D eigenvalue weighted by atomic mass is 10.1. The summed E-state index contributed by atoms with van der Waals surface area (Å²) in [5.41, 5.74) is 4.14. The number of nitrogens with zero attached hydrogens (tertiary/aromatic N) is 3. The number of thioether (sulfide) groups is 1. The third kappa shape index (κ3) is 4.61. The predicted octanol–water partition coefficient (Wildman–Crippen LogP) is 4.30. The van der Waals surface area contributed by atoms with Crippen molar-refractivity contribution < 1.29 is 19.6 Å². The van der Waals surface area contributed by atoms with Crippen LogP contribution in [-0.2, 0) is 11.8 Å². The molecule has 0 fully saturated rings. The molecule has 1 aliphatic rings. The summed E-state index contributed by atoms with van der Waals surface area (Å²) >= 11 is 3.47. The zero-order chi connectivity index (χ0) is 26.3. The number of carboxylic acid groups (broad SMARTS) is 1. The predicted molar refractivity (Wildman–Crippen MR) is 152 cm³/mol. The summed E-state index contributed by atoms with van der Waals surface area (Å²) in [5, 5.41) is 25.9. The zero-order valence-electron chi connectivity index (χ0n) is 21.3. The topological polar surface area (TPSA) is 70.7 Å². The summed E-state index contributed by atoms with van der Waals surface area (Å²) < 4.78 is 3.53. The lowest BCUT2D eigenvalue weighted by Crippen LogP contribution is -2.50. The van der Waals surface area contributed by atoms with Gasteiger partial charge in [-0.25, -0.2) is 0 Å². The Kier molecular flexibility index (Phi) is 6.98. The Morgan fingerprint density at radius 2 is 2.00 bits per heavy atom. The third-order valence-corrected chi connectivity index (χ3v) is 9.11. The van der Waals surface area contributed by atoms with E-state index in [1.807, 2.05) is 32.2 Å². The second-order valence-electron chi connectivity index (χ2n) is 9.12. The Morgan fingerprint density at radius 3 is 2.73 bits per heavy atom. The quantitative estimate of drug-likeness (QED) is 0.359. The van der Waals surface area contributed by atoms with Gasteiger partial charge in [-0.3, -0.25) is 0 Å². The number of fused-ring (bicyclic) bond motifs is 4. The Bertz CT molecular complexity index is 1570. The van der Waals surface area contributed by atoms with E-state index in [0.29, 0.717) is 6.54 Å². The number of anilines is 2. The molecule has 0 bridgehead atoms. The van der Waals surface area contributed by atoms with Crippen LogP contribution in [0.2, 0.25) is 0 Å². The number of rotatable bonds is 7. The molecule has 2 heterocycles. The minimum atomic E-state index is -1.28. The number of hydrogen-bond acceptors (Lipinski definition) is 7. The molecule has 1 unspecified atom stereocenters. The van der Waals surface area contributed by atoms with Crippen molar-refractivity contribution >= 4 is 67.5 Å². The third-order valence-electron chi connectivity index (χ3n) is 6.79. The number of allylic oxidation sites excluding steroid dienone is 2. The number of carboxylic acids is 1. The average molecular weight is 532 g/mol. The number of aliphatic hydroxyl groups is 1. The average Bonchev–Trinajstić information content (AvgIpc) is 3.37. The maximum absolute atomic E-state index is 11.5. The summed E-state index contributed by atoms with van der Waals surface area (Å²) in [4.78, 5) is 16.4. The first-order valence-electron chi connectivity index (χ1n) is 12.2. The fourth-order valence-electron chi connectivity index (χ4n) is 4.85. The monoisotopic (exact) mass is 531 g/mol. The number of aliphatic carboxylic acids is 1. The molecule has 8 heteroatoms. The van der Waals surface area contributed by atoms with Gasteiger partial charge in [0.1, 0.15) is 11.7 Å². The maximum Gasteiger partial charge on any atom is 0.262 e. The van der Waals surface area contributed by atoms with Crippen LogP contribution in [0.3, 0.4) is 0 Å². The molecule has 1 aliphatic heterocycles. The van der Waals surface area contributed by atoms with Crippen LogP contribution in [0, 0.1) is 0 Å². The standard InChI is InChI=1S/C29H29N3O3S2/c1-5-32(23(17-33)29(34)35)20-11-13-24-22(16-20)30(3)26(36-24)14-18(2)15-27-31(4)28-21-9-7-6-8-19(21)10-12-25(28)37-27/h6-16,23,33H,5,17H2,1-4H3. The number of benzene rings is 3. The maximum atomic E-state index is 11.5. The normalized spacial score (nSPS) is 15.5. The van der Waals surface area contributed by atoms with E-state index in [9.17, 15) is 15.0 Å². The molecular weight excluding hydrogens is 502 g/mol. The molecule has 1 N–H and O–H groups in total. The van der Waals surface area contributed by atoms with Gasteiger partial charge in [0.05, 0.1) is 34.7 Å². The summed E-state index contributed by atoms with van der Waals surface area (Å²) in [6.07, 6.45) is 4.40. The van der Waals surface area contributed by atoms with Crippen molar-refractivity contribution in [2.75, 3.05) is 30.0 Å². The van der Waals surface area contributed by atoms with E-state index in [1.54, 1.807) is 28.0 Å². The number of likely N-dealkylation sites (N-methyl/N-ethyl adjacent to an activating group) is 1. The second kappa shape index (κ2) is 10.2. The Hall–Kier alpha value is -3.33. The first kappa shape index (κ1) is 25.3. The molecular formula is C29H29N3O3S2. The Balaban J connectivity index is 1.45. The number of aromatic nitrogens is 1. The van der Waals surface area contributed by atoms with Gasteiger partial charge in [0.2, 0.25) is 5.52 Å².